The number of hydrogen-bond acceptors (Lipinski definition) is 10. The van der Waals surface area contributed by atoms with E-state index in [4.69, 9.17) is 0 Å². The molecule has 0 radical (unpaired) electrons. The van der Waals surface area contributed by atoms with Gasteiger partial charge in [-0.2, -0.15) is 8.42 Å². The van der Waals surface area contributed by atoms with Gasteiger partial charge < -0.3 is 0 Å². The largest absolute Gasteiger partial charge is 0.296 e. The number of benzene rings is 1. The highest BCUT2D eigenvalue weighted by molar-refractivity contribution is 8.01. The Morgan fingerprint density at radius 1 is 1.21 bits per heavy atom. The zero-order chi connectivity index (χ0) is 20.1. The van der Waals surface area contributed by atoms with Crippen LogP contribution in [0.15, 0.2) is 45.6 Å². The van der Waals surface area contributed by atoms with Gasteiger partial charge in [-0.1, -0.05) is 58.2 Å². The number of aromatic nitrogens is 4. The Hall–Kier alpha value is -2.35. The molecule has 3 rings (SSSR count). The lowest BCUT2D eigenvalue weighted by molar-refractivity contribution is 0.102. The summed E-state index contributed by atoms with van der Waals surface area (Å²) in [5.74, 6) is 0.242. The molecule has 2 N–H and O–H groups in total. The highest BCUT2D eigenvalue weighted by atomic mass is 32.2. The van der Waals surface area contributed by atoms with Crippen LogP contribution in [0.4, 0.5) is 10.3 Å². The molecule has 0 unspecified atom stereocenters. The molecule has 0 fully saturated rings. The molecule has 0 saturated heterocycles. The van der Waals surface area contributed by atoms with E-state index in [1.807, 2.05) is 13.0 Å². The van der Waals surface area contributed by atoms with Gasteiger partial charge >= 0.3 is 0 Å². The van der Waals surface area contributed by atoms with Gasteiger partial charge in [0.1, 0.15) is 0 Å². The minimum Gasteiger partial charge on any atom is -0.296 e. The second kappa shape index (κ2) is 8.77. The van der Waals surface area contributed by atoms with E-state index in [9.17, 15) is 13.2 Å². The molecule has 2 aromatic heterocycles. The number of nitrogens with zero attached hydrogens (tertiary/aromatic N) is 4. The first-order valence-corrected chi connectivity index (χ1v) is 11.8. The number of hydrogen-bond donors (Lipinski definition) is 2. The zero-order valence-corrected chi connectivity index (χ0v) is 17.7. The fourth-order valence-electron chi connectivity index (χ4n) is 1.92. The Balaban J connectivity index is 1.68. The van der Waals surface area contributed by atoms with Crippen molar-refractivity contribution in [1.82, 2.24) is 20.4 Å². The number of rotatable bonds is 8. The van der Waals surface area contributed by atoms with Crippen LogP contribution in [0.1, 0.15) is 15.9 Å². The van der Waals surface area contributed by atoms with Crippen LogP contribution in [-0.4, -0.2) is 40.5 Å². The van der Waals surface area contributed by atoms with Crippen LogP contribution in [0.5, 0.6) is 0 Å². The molecule has 0 spiro atoms. The van der Waals surface area contributed by atoms with Crippen LogP contribution in [0.2, 0.25) is 0 Å². The number of amides is 1. The summed E-state index contributed by atoms with van der Waals surface area (Å²) in [6.45, 7) is 5.48. The van der Waals surface area contributed by atoms with Gasteiger partial charge in [0, 0.05) is 11.3 Å². The molecular formula is C15H14N6O3S4. The van der Waals surface area contributed by atoms with Crippen LogP contribution in [-0.2, 0) is 10.0 Å². The number of sulfonamides is 1. The molecule has 1 amide bonds. The van der Waals surface area contributed by atoms with Crippen LogP contribution in [0.3, 0.4) is 0 Å². The van der Waals surface area contributed by atoms with Gasteiger partial charge in [0.05, 0.1) is 0 Å². The van der Waals surface area contributed by atoms with E-state index in [1.54, 1.807) is 24.3 Å². The number of nitrogens with one attached hydrogen (secondary N) is 2. The molecule has 28 heavy (non-hydrogen) atoms. The van der Waals surface area contributed by atoms with Crippen LogP contribution in [0, 0.1) is 6.92 Å². The molecule has 0 aliphatic carbocycles. The molecule has 0 bridgehead atoms. The topological polar surface area (TPSA) is 127 Å². The summed E-state index contributed by atoms with van der Waals surface area (Å²) in [6, 6.07) is 6.99. The third kappa shape index (κ3) is 5.13. The summed E-state index contributed by atoms with van der Waals surface area (Å²) in [5.41, 5.74) is 1.37. The molecular weight excluding hydrogens is 440 g/mol. The van der Waals surface area contributed by atoms with Gasteiger partial charge in [0.15, 0.2) is 4.34 Å². The second-order valence-electron chi connectivity index (χ2n) is 5.28. The molecule has 0 aliphatic rings. The highest BCUT2D eigenvalue weighted by Gasteiger charge is 2.23. The smallest absolute Gasteiger partial charge is 0.293 e. The molecule has 0 saturated carbocycles. The first-order chi connectivity index (χ1) is 13.4. The van der Waals surface area contributed by atoms with Crippen molar-refractivity contribution in [2.24, 2.45) is 0 Å². The van der Waals surface area contributed by atoms with E-state index in [0.717, 1.165) is 28.2 Å². The van der Waals surface area contributed by atoms with Gasteiger partial charge in [0.2, 0.25) is 10.3 Å². The van der Waals surface area contributed by atoms with Gasteiger partial charge in [-0.05, 0) is 19.1 Å². The Bertz CT molecular complexity index is 1110. The molecule has 1 aromatic carbocycles. The van der Waals surface area contributed by atoms with Crippen molar-refractivity contribution in [1.29, 1.82) is 0 Å². The minimum absolute atomic E-state index is 0.0753. The summed E-state index contributed by atoms with van der Waals surface area (Å²) < 4.78 is 27.5. The standard InChI is InChI=1S/C15H14N6O3S4/c1-3-7-25-14-19-18-13(26-14)21-28(23,24)15-20-17-12(27-15)16-11(22)10-6-4-5-9(2)8-10/h3-6,8H,1,7H2,2H3,(H,18,21)(H,16,17,22). The van der Waals surface area contributed by atoms with Gasteiger partial charge in [0.25, 0.3) is 20.3 Å². The maximum Gasteiger partial charge on any atom is 0.293 e. The van der Waals surface area contributed by atoms with E-state index in [2.05, 4.69) is 37.0 Å². The second-order valence-corrected chi connectivity index (χ2v) is 10.4. The Kier molecular flexibility index (Phi) is 6.39. The van der Waals surface area contributed by atoms with Gasteiger partial charge in [-0.3, -0.25) is 14.8 Å². The van der Waals surface area contributed by atoms with Crippen molar-refractivity contribution >= 4 is 60.6 Å². The van der Waals surface area contributed by atoms with Crippen molar-refractivity contribution in [2.75, 3.05) is 15.8 Å². The van der Waals surface area contributed by atoms with E-state index >= 15 is 0 Å². The van der Waals surface area contributed by atoms with Crippen LogP contribution >= 0.6 is 34.4 Å². The lowest BCUT2D eigenvalue weighted by atomic mass is 10.1. The zero-order valence-electron chi connectivity index (χ0n) is 14.4. The molecule has 9 nitrogen and oxygen atoms in total. The summed E-state index contributed by atoms with van der Waals surface area (Å²) in [6.07, 6.45) is 1.71. The van der Waals surface area contributed by atoms with Crippen molar-refractivity contribution in [3.63, 3.8) is 0 Å². The van der Waals surface area contributed by atoms with E-state index in [1.165, 1.54) is 11.8 Å². The molecule has 146 valence electrons. The van der Waals surface area contributed by atoms with E-state index in [-0.39, 0.29) is 14.6 Å². The number of thioether (sulfide) groups is 1. The highest BCUT2D eigenvalue weighted by Crippen LogP contribution is 2.28. The predicted octanol–water partition coefficient (Wildman–Crippen LogP) is 3.03. The number of anilines is 2. The monoisotopic (exact) mass is 454 g/mol. The van der Waals surface area contributed by atoms with Crippen molar-refractivity contribution in [3.05, 3.63) is 48.0 Å². The quantitative estimate of drug-likeness (QED) is 0.302. The average Bonchev–Trinajstić information content (AvgIpc) is 3.29. The molecule has 3 aromatic rings. The maximum absolute atomic E-state index is 12.4. The van der Waals surface area contributed by atoms with E-state index < -0.39 is 15.9 Å². The third-order valence-corrected chi connectivity index (χ3v) is 7.73. The number of carbonyl (C=O) groups excluding carboxylic acids is 1. The van der Waals surface area contributed by atoms with Gasteiger partial charge in [-0.25, -0.2) is 0 Å². The average molecular weight is 455 g/mol. The summed E-state index contributed by atoms with van der Waals surface area (Å²) in [5, 5.41) is 17.8. The third-order valence-electron chi connectivity index (χ3n) is 3.09. The molecule has 0 atom stereocenters. The molecule has 0 aliphatic heterocycles. The van der Waals surface area contributed by atoms with Crippen molar-refractivity contribution in [3.8, 4) is 0 Å². The summed E-state index contributed by atoms with van der Waals surface area (Å²) in [4.78, 5) is 12.2. The fraction of sp³-hybridized carbons (Fsp3) is 0.133. The summed E-state index contributed by atoms with van der Waals surface area (Å²) in [7, 11) is -3.98. The normalized spacial score (nSPS) is 11.2. The molecule has 2 heterocycles. The lowest BCUT2D eigenvalue weighted by Crippen LogP contribution is -2.12. The van der Waals surface area contributed by atoms with Crippen LogP contribution < -0.4 is 10.0 Å². The minimum atomic E-state index is -3.98. The Labute approximate surface area is 173 Å². The Morgan fingerprint density at radius 3 is 2.75 bits per heavy atom. The fourth-order valence-corrected chi connectivity index (χ4v) is 5.56. The number of aryl methyl sites for hydroxylation is 1. The number of carbonyl (C=O) groups is 1. The predicted molar refractivity (Wildman–Crippen MR) is 111 cm³/mol. The summed E-state index contributed by atoms with van der Waals surface area (Å²) >= 11 is 3.23. The lowest BCUT2D eigenvalue weighted by Gasteiger charge is -2.02. The molecule has 13 heteroatoms. The van der Waals surface area contributed by atoms with Crippen molar-refractivity contribution < 1.29 is 13.2 Å². The SMILES string of the molecule is C=CCSc1nnc(NS(=O)(=O)c2nnc(NC(=O)c3cccc(C)c3)s2)s1. The Morgan fingerprint density at radius 2 is 2.00 bits per heavy atom. The van der Waals surface area contributed by atoms with Crippen LogP contribution in [0.25, 0.3) is 0 Å². The van der Waals surface area contributed by atoms with Gasteiger partial charge in [-0.15, -0.1) is 27.0 Å². The maximum atomic E-state index is 12.4. The first kappa shape index (κ1) is 20.4. The first-order valence-electron chi connectivity index (χ1n) is 7.69. The van der Waals surface area contributed by atoms with E-state index in [0.29, 0.717) is 15.7 Å². The van der Waals surface area contributed by atoms with Crippen molar-refractivity contribution in [2.45, 2.75) is 15.6 Å².